The van der Waals surface area contributed by atoms with E-state index in [1.807, 2.05) is 46.4 Å². The molecule has 1 aliphatic rings. The van der Waals surface area contributed by atoms with Crippen LogP contribution in [-0.4, -0.2) is 21.3 Å². The Labute approximate surface area is 144 Å². The first-order valence-corrected chi connectivity index (χ1v) is 9.14. The van der Waals surface area contributed by atoms with E-state index in [1.165, 1.54) is 10.5 Å². The average molecular weight is 344 g/mol. The maximum atomic E-state index is 5.45. The molecule has 4 nitrogen and oxygen atoms in total. The van der Waals surface area contributed by atoms with Gasteiger partial charge >= 0.3 is 0 Å². The van der Waals surface area contributed by atoms with Crippen molar-refractivity contribution in [3.8, 4) is 11.4 Å². The molecule has 0 fully saturated rings. The predicted molar refractivity (Wildman–Crippen MR) is 95.1 cm³/mol. The van der Waals surface area contributed by atoms with Gasteiger partial charge in [0.05, 0.1) is 6.54 Å². The Morgan fingerprint density at radius 3 is 3.00 bits per heavy atom. The van der Waals surface area contributed by atoms with Crippen LogP contribution < -0.4 is 4.90 Å². The van der Waals surface area contributed by atoms with E-state index in [-0.39, 0.29) is 0 Å². The van der Waals surface area contributed by atoms with Gasteiger partial charge in [-0.25, -0.2) is 4.68 Å². The average Bonchev–Trinajstić information content (AvgIpc) is 3.19. The van der Waals surface area contributed by atoms with Crippen molar-refractivity contribution >= 4 is 23.6 Å². The highest BCUT2D eigenvalue weighted by atomic mass is 32.1. The third kappa shape index (κ3) is 2.78. The molecule has 2 atom stereocenters. The van der Waals surface area contributed by atoms with Gasteiger partial charge in [-0.05, 0) is 30.6 Å². The number of hydrogen-bond acceptors (Lipinski definition) is 3. The zero-order valence-corrected chi connectivity index (χ0v) is 14.6. The smallest absolute Gasteiger partial charge is 0.221 e. The summed E-state index contributed by atoms with van der Waals surface area (Å²) < 4.78 is 2.63. The minimum absolute atomic E-state index is 0.496. The minimum atomic E-state index is 0.496. The summed E-state index contributed by atoms with van der Waals surface area (Å²) in [6.07, 6.45) is 1.15. The number of nitrogens with zero attached hydrogens (tertiary/aromatic N) is 2. The lowest BCUT2D eigenvalue weighted by Crippen LogP contribution is -3.12. The van der Waals surface area contributed by atoms with Gasteiger partial charge in [0.25, 0.3) is 0 Å². The van der Waals surface area contributed by atoms with Crippen molar-refractivity contribution in [3.63, 3.8) is 0 Å². The Morgan fingerprint density at radius 1 is 1.35 bits per heavy atom. The van der Waals surface area contributed by atoms with E-state index < -0.39 is 0 Å². The van der Waals surface area contributed by atoms with Gasteiger partial charge in [0.15, 0.2) is 12.5 Å². The molecule has 0 radical (unpaired) electrons. The van der Waals surface area contributed by atoms with E-state index in [2.05, 4.69) is 28.5 Å². The molecule has 1 aromatic carbocycles. The van der Waals surface area contributed by atoms with E-state index in [0.29, 0.717) is 10.8 Å². The first-order chi connectivity index (χ1) is 11.2. The highest BCUT2D eigenvalue weighted by molar-refractivity contribution is 7.71. The van der Waals surface area contributed by atoms with Gasteiger partial charge in [-0.2, -0.15) is 4.98 Å². The number of aromatic nitrogens is 3. The molecule has 6 heteroatoms. The van der Waals surface area contributed by atoms with Crippen LogP contribution in [0.1, 0.15) is 23.4 Å². The first kappa shape index (κ1) is 14.8. The van der Waals surface area contributed by atoms with Crippen LogP contribution in [0.3, 0.4) is 0 Å². The highest BCUT2D eigenvalue weighted by Gasteiger charge is 2.28. The molecule has 0 amide bonds. The molecular formula is C17H19N4S2+. The normalized spacial score (nSPS) is 20.4. The van der Waals surface area contributed by atoms with Crippen LogP contribution in [-0.2, 0) is 13.1 Å². The standard InChI is InChI=1S/C17H18N4S2/c1-12-14-8-10-23-15(14)7-9-20(12)11-21-17(22)18-16(19-21)13-5-3-2-4-6-13/h2-6,8,10,12H,7,9,11H2,1H3,(H,18,19,22)/p+1/t12-/m0/s1. The second kappa shape index (κ2) is 6.03. The summed E-state index contributed by atoms with van der Waals surface area (Å²) in [4.78, 5) is 7.58. The van der Waals surface area contributed by atoms with Gasteiger partial charge < -0.3 is 4.90 Å². The van der Waals surface area contributed by atoms with Crippen molar-refractivity contribution in [3.05, 3.63) is 57.0 Å². The van der Waals surface area contributed by atoms with Gasteiger partial charge in [0, 0.05) is 22.4 Å². The summed E-state index contributed by atoms with van der Waals surface area (Å²) in [5.74, 6) is 0.843. The van der Waals surface area contributed by atoms with Crippen molar-refractivity contribution < 1.29 is 4.90 Å². The molecule has 118 valence electrons. The van der Waals surface area contributed by atoms with Crippen LogP contribution >= 0.6 is 23.6 Å². The number of hydrogen-bond donors (Lipinski definition) is 2. The monoisotopic (exact) mass is 343 g/mol. The van der Waals surface area contributed by atoms with E-state index in [0.717, 1.165) is 31.0 Å². The Morgan fingerprint density at radius 2 is 2.17 bits per heavy atom. The molecule has 1 aliphatic heterocycles. The summed E-state index contributed by atoms with van der Waals surface area (Å²) in [7, 11) is 0. The highest BCUT2D eigenvalue weighted by Crippen LogP contribution is 2.24. The quantitative estimate of drug-likeness (QED) is 0.718. The van der Waals surface area contributed by atoms with Gasteiger partial charge in [-0.15, -0.1) is 11.3 Å². The Balaban J connectivity index is 1.58. The molecule has 3 heterocycles. The lowest BCUT2D eigenvalue weighted by molar-refractivity contribution is -0.954. The molecule has 0 saturated heterocycles. The van der Waals surface area contributed by atoms with Gasteiger partial charge in [0.2, 0.25) is 4.77 Å². The molecule has 0 spiro atoms. The van der Waals surface area contributed by atoms with Crippen LogP contribution in [0.5, 0.6) is 0 Å². The predicted octanol–water partition coefficient (Wildman–Crippen LogP) is 2.83. The van der Waals surface area contributed by atoms with E-state index >= 15 is 0 Å². The number of fused-ring (bicyclic) bond motifs is 1. The zero-order chi connectivity index (χ0) is 15.8. The van der Waals surface area contributed by atoms with E-state index in [1.54, 1.807) is 4.88 Å². The van der Waals surface area contributed by atoms with E-state index in [4.69, 9.17) is 12.2 Å². The molecule has 23 heavy (non-hydrogen) atoms. The molecule has 2 N–H and O–H groups in total. The summed E-state index contributed by atoms with van der Waals surface area (Å²) in [5, 5.41) is 5.57. The molecule has 0 saturated carbocycles. The number of rotatable bonds is 3. The lowest BCUT2D eigenvalue weighted by atomic mass is 10.0. The number of H-pyrrole nitrogens is 1. The fourth-order valence-electron chi connectivity index (χ4n) is 3.26. The number of nitrogens with one attached hydrogen (secondary N) is 2. The van der Waals surface area contributed by atoms with Crippen LogP contribution in [0.2, 0.25) is 0 Å². The van der Waals surface area contributed by atoms with E-state index in [9.17, 15) is 0 Å². The summed E-state index contributed by atoms with van der Waals surface area (Å²) in [5.41, 5.74) is 2.56. The van der Waals surface area contributed by atoms with Gasteiger partial charge in [-0.1, -0.05) is 30.3 Å². The molecule has 0 aliphatic carbocycles. The number of aromatic amines is 1. The van der Waals surface area contributed by atoms with Crippen molar-refractivity contribution in [2.45, 2.75) is 26.1 Å². The molecule has 3 aromatic rings. The van der Waals surface area contributed by atoms with Crippen molar-refractivity contribution in [2.24, 2.45) is 0 Å². The third-order valence-corrected chi connectivity index (χ3v) is 5.93. The van der Waals surface area contributed by atoms with Crippen LogP contribution in [0, 0.1) is 4.77 Å². The summed E-state index contributed by atoms with van der Waals surface area (Å²) in [6.45, 7) is 4.27. The molecule has 2 aromatic heterocycles. The lowest BCUT2D eigenvalue weighted by Gasteiger charge is -2.30. The Hall–Kier alpha value is -1.76. The van der Waals surface area contributed by atoms with Gasteiger partial charge in [-0.3, -0.25) is 5.10 Å². The van der Waals surface area contributed by atoms with Crippen LogP contribution in [0.4, 0.5) is 0 Å². The zero-order valence-electron chi connectivity index (χ0n) is 13.0. The third-order valence-electron chi connectivity index (χ3n) is 4.62. The SMILES string of the molecule is C[C@H]1c2ccsc2CC[NH+]1Cn1[nH]c(-c2ccccc2)nc1=S. The first-order valence-electron chi connectivity index (χ1n) is 7.85. The second-order valence-electron chi connectivity index (χ2n) is 5.99. The summed E-state index contributed by atoms with van der Waals surface area (Å²) in [6, 6.07) is 12.9. The van der Waals surface area contributed by atoms with Gasteiger partial charge in [0.1, 0.15) is 6.04 Å². The molecule has 4 rings (SSSR count). The fourth-order valence-corrected chi connectivity index (χ4v) is 4.44. The number of thiophene rings is 1. The topological polar surface area (TPSA) is 38.0 Å². The largest absolute Gasteiger partial charge is 0.310 e. The number of quaternary nitrogens is 1. The second-order valence-corrected chi connectivity index (χ2v) is 7.35. The molecule has 1 unspecified atom stereocenters. The van der Waals surface area contributed by atoms with Crippen molar-refractivity contribution in [1.82, 2.24) is 14.8 Å². The Kier molecular flexibility index (Phi) is 3.88. The molecular weight excluding hydrogens is 324 g/mol. The minimum Gasteiger partial charge on any atom is -0.310 e. The fraction of sp³-hybridized carbons (Fsp3) is 0.294. The van der Waals surface area contributed by atoms with Crippen LogP contribution in [0.25, 0.3) is 11.4 Å². The maximum absolute atomic E-state index is 5.45. The summed E-state index contributed by atoms with van der Waals surface area (Å²) >= 11 is 7.33. The number of benzene rings is 1. The molecule has 0 bridgehead atoms. The van der Waals surface area contributed by atoms with Crippen LogP contribution in [0.15, 0.2) is 41.8 Å². The Bertz CT molecular complexity index is 862. The van der Waals surface area contributed by atoms with Crippen molar-refractivity contribution in [1.29, 1.82) is 0 Å². The van der Waals surface area contributed by atoms with Crippen molar-refractivity contribution in [2.75, 3.05) is 6.54 Å². The maximum Gasteiger partial charge on any atom is 0.221 e.